The number of amidine groups is 2. The molecule has 3 aromatic rings. The molecule has 0 aromatic heterocycles. The highest BCUT2D eigenvalue weighted by Crippen LogP contribution is 2.34. The Morgan fingerprint density at radius 3 is 2.41 bits per heavy atom. The van der Waals surface area contributed by atoms with Gasteiger partial charge < -0.3 is 15.1 Å². The smallest absolute Gasteiger partial charge is 0.259 e. The third-order valence-electron chi connectivity index (χ3n) is 7.42. The van der Waals surface area contributed by atoms with Crippen molar-refractivity contribution in [1.82, 2.24) is 9.80 Å². The molecular formula is C31H30N6O3S. The molecule has 41 heavy (non-hydrogen) atoms. The van der Waals surface area contributed by atoms with E-state index in [0.717, 1.165) is 35.6 Å². The van der Waals surface area contributed by atoms with Crippen molar-refractivity contribution in [3.8, 4) is 0 Å². The predicted octanol–water partition coefficient (Wildman–Crippen LogP) is 4.06. The summed E-state index contributed by atoms with van der Waals surface area (Å²) in [5, 5.41) is 3.31. The molecule has 1 atom stereocenters. The van der Waals surface area contributed by atoms with Gasteiger partial charge in [0, 0.05) is 43.1 Å². The third kappa shape index (κ3) is 5.60. The Morgan fingerprint density at radius 2 is 1.63 bits per heavy atom. The Balaban J connectivity index is 1.13. The van der Waals surface area contributed by atoms with Gasteiger partial charge in [-0.05, 0) is 42.8 Å². The van der Waals surface area contributed by atoms with Gasteiger partial charge in [-0.1, -0.05) is 60.3 Å². The number of rotatable bonds is 6. The van der Waals surface area contributed by atoms with Gasteiger partial charge in [-0.15, -0.1) is 0 Å². The van der Waals surface area contributed by atoms with Crippen molar-refractivity contribution < 1.29 is 14.4 Å². The first-order valence-corrected chi connectivity index (χ1v) is 14.6. The quantitative estimate of drug-likeness (QED) is 0.485. The molecule has 0 aliphatic carbocycles. The van der Waals surface area contributed by atoms with Crippen molar-refractivity contribution in [1.29, 1.82) is 0 Å². The van der Waals surface area contributed by atoms with Crippen LogP contribution < -0.4 is 10.2 Å². The van der Waals surface area contributed by atoms with E-state index in [1.807, 2.05) is 78.6 Å². The number of benzene rings is 3. The minimum Gasteiger partial charge on any atom is -0.368 e. The summed E-state index contributed by atoms with van der Waals surface area (Å²) in [6.45, 7) is 4.59. The number of nitrogens with zero attached hydrogens (tertiary/aromatic N) is 5. The Hall–Kier alpha value is -4.44. The van der Waals surface area contributed by atoms with E-state index in [4.69, 9.17) is 9.98 Å². The Labute approximate surface area is 243 Å². The monoisotopic (exact) mass is 566 g/mol. The minimum atomic E-state index is -0.831. The van der Waals surface area contributed by atoms with Crippen LogP contribution in [0.15, 0.2) is 88.8 Å². The number of thioether (sulfide) groups is 1. The van der Waals surface area contributed by atoms with Gasteiger partial charge in [0.1, 0.15) is 11.9 Å². The van der Waals surface area contributed by atoms with Gasteiger partial charge in [0.25, 0.3) is 5.91 Å². The molecule has 3 aliphatic heterocycles. The molecule has 6 rings (SSSR count). The summed E-state index contributed by atoms with van der Waals surface area (Å²) in [6.07, 6.45) is -0.00193. The maximum Gasteiger partial charge on any atom is 0.259 e. The van der Waals surface area contributed by atoms with Crippen molar-refractivity contribution >= 4 is 57.5 Å². The lowest BCUT2D eigenvalue weighted by atomic mass is 10.1. The Morgan fingerprint density at radius 1 is 0.927 bits per heavy atom. The van der Waals surface area contributed by atoms with Gasteiger partial charge in [0.2, 0.25) is 11.8 Å². The first-order valence-electron chi connectivity index (χ1n) is 13.6. The summed E-state index contributed by atoms with van der Waals surface area (Å²) >= 11 is 1.18. The number of carbonyl (C=O) groups is 3. The average Bonchev–Trinajstić information content (AvgIpc) is 3.33. The van der Waals surface area contributed by atoms with E-state index in [1.54, 1.807) is 0 Å². The number of fused-ring (bicyclic) bond motifs is 3. The fraction of sp³-hybridized carbons (Fsp3) is 0.258. The summed E-state index contributed by atoms with van der Waals surface area (Å²) in [7, 11) is 0. The molecule has 0 spiro atoms. The standard InChI is InChI=1S/C31H30N6O3S/c1-21-9-5-7-13-24(21)32-27(38)20-41-31-34-25-14-8-6-12-23(25)29-33-26(30(40)37(29)31)19-28(39)36-17-15-35(16-18-36)22-10-3-2-4-11-22/h2-14,26H,15-20H2,1H3,(H,32,38)/t26-/m0/s1. The fourth-order valence-corrected chi connectivity index (χ4v) is 6.01. The SMILES string of the molecule is Cc1ccccc1NC(=O)CSC1=Nc2ccccc2C2=N[C@@H](CC(=O)N3CCN(c4ccccc4)CC3)C(=O)N12. The van der Waals surface area contributed by atoms with E-state index in [2.05, 4.69) is 22.3 Å². The summed E-state index contributed by atoms with van der Waals surface area (Å²) in [5.74, 6) is -0.0260. The number of hydrogen-bond acceptors (Lipinski definition) is 7. The summed E-state index contributed by atoms with van der Waals surface area (Å²) < 4.78 is 0. The lowest BCUT2D eigenvalue weighted by Crippen LogP contribution is -2.49. The number of hydrogen-bond donors (Lipinski definition) is 1. The molecule has 208 valence electrons. The molecule has 10 heteroatoms. The van der Waals surface area contributed by atoms with Crippen molar-refractivity contribution in [2.75, 3.05) is 42.1 Å². The van der Waals surface area contributed by atoms with Gasteiger partial charge in [-0.3, -0.25) is 19.4 Å². The van der Waals surface area contributed by atoms with Gasteiger partial charge in [-0.25, -0.2) is 9.89 Å². The highest BCUT2D eigenvalue weighted by molar-refractivity contribution is 8.14. The summed E-state index contributed by atoms with van der Waals surface area (Å²) in [6, 6.07) is 24.4. The van der Waals surface area contributed by atoms with Crippen LogP contribution in [-0.2, 0) is 14.4 Å². The number of anilines is 2. The molecule has 3 aromatic carbocycles. The number of amides is 3. The van der Waals surface area contributed by atoms with Crippen LogP contribution in [-0.4, -0.2) is 76.5 Å². The Kier molecular flexibility index (Phi) is 7.56. The van der Waals surface area contributed by atoms with Gasteiger partial charge in [0.05, 0.1) is 17.9 Å². The van der Waals surface area contributed by atoms with Gasteiger partial charge >= 0.3 is 0 Å². The number of piperazine rings is 1. The van der Waals surface area contributed by atoms with E-state index in [-0.39, 0.29) is 29.9 Å². The second-order valence-corrected chi connectivity index (χ2v) is 11.1. The lowest BCUT2D eigenvalue weighted by Gasteiger charge is -2.36. The molecule has 3 heterocycles. The molecule has 0 saturated carbocycles. The van der Waals surface area contributed by atoms with Crippen LogP contribution in [0.5, 0.6) is 0 Å². The Bertz CT molecular complexity index is 1550. The molecule has 1 fully saturated rings. The second-order valence-electron chi connectivity index (χ2n) is 10.1. The van der Waals surface area contributed by atoms with Gasteiger partial charge in [-0.2, -0.15) is 0 Å². The number of aryl methyl sites for hydroxylation is 1. The van der Waals surface area contributed by atoms with E-state index in [9.17, 15) is 14.4 Å². The highest BCUT2D eigenvalue weighted by atomic mass is 32.2. The minimum absolute atomic E-state index is 0.00193. The van der Waals surface area contributed by atoms with Crippen LogP contribution in [0.3, 0.4) is 0 Å². The average molecular weight is 567 g/mol. The van der Waals surface area contributed by atoms with E-state index < -0.39 is 6.04 Å². The van der Waals surface area contributed by atoms with Crippen molar-refractivity contribution in [3.63, 3.8) is 0 Å². The van der Waals surface area contributed by atoms with E-state index >= 15 is 0 Å². The van der Waals surface area contributed by atoms with E-state index in [0.29, 0.717) is 29.8 Å². The maximum atomic E-state index is 13.6. The third-order valence-corrected chi connectivity index (χ3v) is 8.36. The van der Waals surface area contributed by atoms with Crippen LogP contribution >= 0.6 is 11.8 Å². The molecule has 0 bridgehead atoms. The zero-order valence-corrected chi connectivity index (χ0v) is 23.5. The topological polar surface area (TPSA) is 97.7 Å². The number of nitrogens with one attached hydrogen (secondary N) is 1. The highest BCUT2D eigenvalue weighted by Gasteiger charge is 2.42. The number of carbonyl (C=O) groups excluding carboxylic acids is 3. The summed E-state index contributed by atoms with van der Waals surface area (Å²) in [5.41, 5.74) is 4.27. The molecule has 3 amide bonds. The van der Waals surface area contributed by atoms with Crippen molar-refractivity contribution in [2.45, 2.75) is 19.4 Å². The number of para-hydroxylation sites is 3. The van der Waals surface area contributed by atoms with Crippen LogP contribution in [0.1, 0.15) is 17.5 Å². The van der Waals surface area contributed by atoms with Crippen LogP contribution in [0.2, 0.25) is 0 Å². The first kappa shape index (κ1) is 26.8. The zero-order valence-electron chi connectivity index (χ0n) is 22.7. The van der Waals surface area contributed by atoms with E-state index in [1.165, 1.54) is 16.7 Å². The normalized spacial score (nSPS) is 17.9. The predicted molar refractivity (Wildman–Crippen MR) is 163 cm³/mol. The zero-order chi connectivity index (χ0) is 28.3. The lowest BCUT2D eigenvalue weighted by molar-refractivity contribution is -0.135. The van der Waals surface area contributed by atoms with Crippen LogP contribution in [0.25, 0.3) is 0 Å². The number of aliphatic imine (C=N–C) groups is 2. The van der Waals surface area contributed by atoms with Crippen LogP contribution in [0.4, 0.5) is 17.1 Å². The maximum absolute atomic E-state index is 13.6. The van der Waals surface area contributed by atoms with Gasteiger partial charge in [0.15, 0.2) is 5.17 Å². The molecule has 3 aliphatic rings. The first-order chi connectivity index (χ1) is 20.0. The van der Waals surface area contributed by atoms with Crippen molar-refractivity contribution in [2.24, 2.45) is 9.98 Å². The fourth-order valence-electron chi connectivity index (χ4n) is 5.21. The molecule has 1 saturated heterocycles. The molecule has 9 nitrogen and oxygen atoms in total. The molecule has 1 N–H and O–H groups in total. The molecule has 0 radical (unpaired) electrons. The summed E-state index contributed by atoms with van der Waals surface area (Å²) in [4.78, 5) is 54.6. The molecular weight excluding hydrogens is 536 g/mol. The second kappa shape index (κ2) is 11.6. The van der Waals surface area contributed by atoms with Crippen molar-refractivity contribution in [3.05, 3.63) is 90.0 Å². The largest absolute Gasteiger partial charge is 0.368 e. The van der Waals surface area contributed by atoms with Crippen LogP contribution in [0, 0.1) is 6.92 Å². The molecule has 0 unspecified atom stereocenters.